The number of aliphatic imine (C=N–C) groups is 1. The second-order valence-electron chi connectivity index (χ2n) is 6.32. The minimum atomic E-state index is -0.712. The molecule has 2 aromatic carbocycles. The minimum Gasteiger partial charge on any atom is -0.489 e. The van der Waals surface area contributed by atoms with Crippen molar-refractivity contribution in [1.29, 1.82) is 0 Å². The zero-order valence-electron chi connectivity index (χ0n) is 15.8. The lowest BCUT2D eigenvalue weighted by atomic mass is 10.2. The maximum absolute atomic E-state index is 13.5. The number of ether oxygens (including phenoxy) is 1. The number of nitrogens with zero attached hydrogens (tertiary/aromatic N) is 2. The predicted molar refractivity (Wildman–Crippen MR) is 108 cm³/mol. The highest BCUT2D eigenvalue weighted by Gasteiger charge is 2.07. The van der Waals surface area contributed by atoms with Crippen LogP contribution in [0.5, 0.6) is 5.75 Å². The van der Waals surface area contributed by atoms with Gasteiger partial charge in [-0.15, -0.1) is 0 Å². The van der Waals surface area contributed by atoms with Crippen LogP contribution in [-0.4, -0.2) is 39.2 Å². The van der Waals surface area contributed by atoms with E-state index in [4.69, 9.17) is 4.74 Å². The third-order valence-corrected chi connectivity index (χ3v) is 4.35. The van der Waals surface area contributed by atoms with E-state index in [2.05, 4.69) is 56.9 Å². The highest BCUT2D eigenvalue weighted by atomic mass is 19.1. The van der Waals surface area contributed by atoms with Crippen molar-refractivity contribution >= 4 is 11.6 Å². The number of guanidine groups is 1. The van der Waals surface area contributed by atoms with Crippen LogP contribution in [0.25, 0.3) is 0 Å². The molecular formula is C21H24F2N4O. The first-order chi connectivity index (χ1) is 13.7. The number of nitrogens with one attached hydrogen (secondary N) is 2. The lowest BCUT2D eigenvalue weighted by Crippen LogP contribution is -2.38. The lowest BCUT2D eigenvalue weighted by Gasteiger charge is -2.18. The Labute approximate surface area is 163 Å². The van der Waals surface area contributed by atoms with Gasteiger partial charge in [-0.2, -0.15) is 0 Å². The van der Waals surface area contributed by atoms with E-state index in [1.54, 1.807) is 7.05 Å². The first-order valence-electron chi connectivity index (χ1n) is 9.17. The molecule has 1 aliphatic rings. The van der Waals surface area contributed by atoms with Gasteiger partial charge in [0.2, 0.25) is 0 Å². The highest BCUT2D eigenvalue weighted by Crippen LogP contribution is 2.18. The maximum atomic E-state index is 13.5. The number of benzene rings is 2. The van der Waals surface area contributed by atoms with Crippen molar-refractivity contribution in [3.8, 4) is 5.75 Å². The first-order valence-corrected chi connectivity index (χ1v) is 9.17. The Morgan fingerprint density at radius 2 is 1.82 bits per heavy atom. The van der Waals surface area contributed by atoms with Gasteiger partial charge in [-0.05, 0) is 29.8 Å². The normalized spacial score (nSPS) is 13.7. The van der Waals surface area contributed by atoms with E-state index in [0.717, 1.165) is 30.8 Å². The summed E-state index contributed by atoms with van der Waals surface area (Å²) in [5.74, 6) is -0.691. The summed E-state index contributed by atoms with van der Waals surface area (Å²) in [6.45, 7) is 3.20. The zero-order chi connectivity index (χ0) is 19.8. The van der Waals surface area contributed by atoms with Gasteiger partial charge < -0.3 is 20.3 Å². The van der Waals surface area contributed by atoms with Crippen LogP contribution in [0.4, 0.5) is 14.5 Å². The summed E-state index contributed by atoms with van der Waals surface area (Å²) in [7, 11) is 1.68. The molecule has 0 unspecified atom stereocenters. The van der Waals surface area contributed by atoms with Crippen LogP contribution in [0.2, 0.25) is 0 Å². The minimum absolute atomic E-state index is 0.0273. The fourth-order valence-corrected chi connectivity index (χ4v) is 2.84. The van der Waals surface area contributed by atoms with E-state index in [1.807, 2.05) is 0 Å². The predicted octanol–water partition coefficient (Wildman–Crippen LogP) is 3.09. The van der Waals surface area contributed by atoms with Gasteiger partial charge in [0.05, 0.1) is 6.54 Å². The molecule has 1 heterocycles. The molecule has 2 N–H and O–H groups in total. The van der Waals surface area contributed by atoms with Gasteiger partial charge >= 0.3 is 0 Å². The van der Waals surface area contributed by atoms with Crippen molar-refractivity contribution < 1.29 is 13.5 Å². The second kappa shape index (κ2) is 9.73. The third kappa shape index (κ3) is 5.45. The van der Waals surface area contributed by atoms with Crippen LogP contribution in [0, 0.1) is 11.6 Å². The molecule has 5 nitrogen and oxygen atoms in total. The first kappa shape index (κ1) is 19.7. The second-order valence-corrected chi connectivity index (χ2v) is 6.32. The third-order valence-electron chi connectivity index (χ3n) is 4.35. The lowest BCUT2D eigenvalue weighted by molar-refractivity contribution is 0.304. The van der Waals surface area contributed by atoms with Crippen LogP contribution < -0.4 is 20.3 Å². The fraction of sp³-hybridized carbons (Fsp3) is 0.286. The van der Waals surface area contributed by atoms with Gasteiger partial charge in [0.25, 0.3) is 0 Å². The molecule has 2 aromatic rings. The van der Waals surface area contributed by atoms with Crippen LogP contribution in [0.15, 0.2) is 59.6 Å². The van der Waals surface area contributed by atoms with Crippen molar-refractivity contribution in [3.05, 3.63) is 71.8 Å². The molecule has 0 radical (unpaired) electrons. The number of halogens is 2. The van der Waals surface area contributed by atoms with E-state index < -0.39 is 11.6 Å². The van der Waals surface area contributed by atoms with E-state index in [9.17, 15) is 8.78 Å². The van der Waals surface area contributed by atoms with Gasteiger partial charge in [-0.3, -0.25) is 4.99 Å². The molecule has 0 amide bonds. The molecule has 0 spiro atoms. The zero-order valence-corrected chi connectivity index (χ0v) is 15.8. The van der Waals surface area contributed by atoms with E-state index in [0.29, 0.717) is 19.0 Å². The standard InChI is InChI=1S/C21H24F2N4O/c1-24-21(25-10-13-28-20-9-6-17(22)14-19(20)23)26-15-16-4-7-18(8-5-16)27-11-2-3-12-27/h2-9,14H,10-13,15H2,1H3,(H2,24,25,26). The molecule has 3 rings (SSSR count). The Balaban J connectivity index is 1.39. The van der Waals surface area contributed by atoms with Gasteiger partial charge in [0.15, 0.2) is 17.5 Å². The summed E-state index contributed by atoms with van der Waals surface area (Å²) in [5.41, 5.74) is 2.35. The van der Waals surface area contributed by atoms with E-state index >= 15 is 0 Å². The van der Waals surface area contributed by atoms with Crippen LogP contribution >= 0.6 is 0 Å². The number of rotatable bonds is 7. The Morgan fingerprint density at radius 3 is 2.50 bits per heavy atom. The van der Waals surface area contributed by atoms with Crippen molar-refractivity contribution in [2.75, 3.05) is 38.2 Å². The molecule has 0 fully saturated rings. The van der Waals surface area contributed by atoms with Crippen LogP contribution in [0.1, 0.15) is 5.56 Å². The highest BCUT2D eigenvalue weighted by molar-refractivity contribution is 5.79. The number of hydrogen-bond acceptors (Lipinski definition) is 3. The van der Waals surface area contributed by atoms with Gasteiger partial charge in [0.1, 0.15) is 12.4 Å². The molecule has 28 heavy (non-hydrogen) atoms. The van der Waals surface area contributed by atoms with Crippen molar-refractivity contribution in [3.63, 3.8) is 0 Å². The van der Waals surface area contributed by atoms with Gasteiger partial charge in [0, 0.05) is 38.4 Å². The molecule has 0 aromatic heterocycles. The smallest absolute Gasteiger partial charge is 0.191 e. The Hall–Kier alpha value is -3.09. The van der Waals surface area contributed by atoms with E-state index in [-0.39, 0.29) is 12.4 Å². The number of anilines is 1. The summed E-state index contributed by atoms with van der Waals surface area (Å²) < 4.78 is 31.7. The molecule has 0 aliphatic carbocycles. The Morgan fingerprint density at radius 1 is 1.07 bits per heavy atom. The largest absolute Gasteiger partial charge is 0.489 e. The van der Waals surface area contributed by atoms with Crippen LogP contribution in [-0.2, 0) is 6.54 Å². The molecular weight excluding hydrogens is 362 g/mol. The van der Waals surface area contributed by atoms with Crippen molar-refractivity contribution in [2.24, 2.45) is 4.99 Å². The average Bonchev–Trinajstić information content (AvgIpc) is 3.24. The van der Waals surface area contributed by atoms with Gasteiger partial charge in [-0.1, -0.05) is 24.3 Å². The van der Waals surface area contributed by atoms with Crippen LogP contribution in [0.3, 0.4) is 0 Å². The molecule has 0 saturated carbocycles. The quantitative estimate of drug-likeness (QED) is 0.332. The summed E-state index contributed by atoms with van der Waals surface area (Å²) >= 11 is 0. The summed E-state index contributed by atoms with van der Waals surface area (Å²) in [5, 5.41) is 6.32. The molecule has 0 saturated heterocycles. The average molecular weight is 386 g/mol. The summed E-state index contributed by atoms with van der Waals surface area (Å²) in [4.78, 5) is 6.45. The fourth-order valence-electron chi connectivity index (χ4n) is 2.84. The van der Waals surface area contributed by atoms with Gasteiger partial charge in [-0.25, -0.2) is 8.78 Å². The van der Waals surface area contributed by atoms with Crippen molar-refractivity contribution in [1.82, 2.24) is 10.6 Å². The number of hydrogen-bond donors (Lipinski definition) is 2. The Bertz CT molecular complexity index is 829. The monoisotopic (exact) mass is 386 g/mol. The molecule has 7 heteroatoms. The summed E-state index contributed by atoms with van der Waals surface area (Å²) in [6.07, 6.45) is 4.33. The molecule has 0 atom stereocenters. The molecule has 0 bridgehead atoms. The van der Waals surface area contributed by atoms with Crippen molar-refractivity contribution in [2.45, 2.75) is 6.54 Å². The van der Waals surface area contributed by atoms with E-state index in [1.165, 1.54) is 11.8 Å². The summed E-state index contributed by atoms with van der Waals surface area (Å²) in [6, 6.07) is 11.7. The topological polar surface area (TPSA) is 48.9 Å². The molecule has 1 aliphatic heterocycles. The SMILES string of the molecule is CN=C(NCCOc1ccc(F)cc1F)NCc1ccc(N2CC=CC2)cc1. The maximum Gasteiger partial charge on any atom is 0.191 e. The Kier molecular flexibility index (Phi) is 6.84. The molecule has 148 valence electrons.